The summed E-state index contributed by atoms with van der Waals surface area (Å²) in [6, 6.07) is 7.86. The molecule has 0 aromatic heterocycles. The summed E-state index contributed by atoms with van der Waals surface area (Å²) in [7, 11) is 1.41. The number of guanidine groups is 1. The van der Waals surface area contributed by atoms with Crippen molar-refractivity contribution in [2.24, 2.45) is 4.99 Å². The fourth-order valence-corrected chi connectivity index (χ4v) is 2.25. The van der Waals surface area contributed by atoms with E-state index < -0.39 is 0 Å². The quantitative estimate of drug-likeness (QED) is 0.192. The maximum atomic E-state index is 11.0. The molecule has 0 radical (unpaired) electrons. The number of carbonyl (C=O) groups excluding carboxylic acids is 1. The Labute approximate surface area is 166 Å². The van der Waals surface area contributed by atoms with Crippen molar-refractivity contribution in [2.75, 3.05) is 26.7 Å². The van der Waals surface area contributed by atoms with Crippen LogP contribution in [0.2, 0.25) is 5.02 Å². The molecule has 136 valence electrons. The molecular weight excluding hydrogens is 441 g/mol. The van der Waals surface area contributed by atoms with E-state index in [-0.39, 0.29) is 29.9 Å². The molecular formula is C17H27ClIN3O2. The lowest BCUT2D eigenvalue weighted by atomic mass is 10.1. The van der Waals surface area contributed by atoms with Gasteiger partial charge in [-0.1, -0.05) is 23.7 Å². The number of hydrogen-bond donors (Lipinski definition) is 2. The van der Waals surface area contributed by atoms with Crippen LogP contribution in [0.4, 0.5) is 0 Å². The van der Waals surface area contributed by atoms with Crippen LogP contribution < -0.4 is 10.6 Å². The fraction of sp³-hybridized carbons (Fsp3) is 0.529. The number of nitrogens with one attached hydrogen (secondary N) is 2. The number of nitrogens with zero attached hydrogens (tertiary/aromatic N) is 1. The minimum Gasteiger partial charge on any atom is -0.469 e. The van der Waals surface area contributed by atoms with Crippen LogP contribution in [0.25, 0.3) is 0 Å². The van der Waals surface area contributed by atoms with Crippen LogP contribution >= 0.6 is 35.6 Å². The third kappa shape index (κ3) is 10.7. The monoisotopic (exact) mass is 467 g/mol. The van der Waals surface area contributed by atoms with Crippen molar-refractivity contribution in [1.82, 2.24) is 10.6 Å². The molecule has 5 nitrogen and oxygen atoms in total. The number of rotatable bonds is 9. The molecule has 1 aromatic rings. The van der Waals surface area contributed by atoms with Gasteiger partial charge in [-0.2, -0.15) is 0 Å². The molecule has 0 saturated heterocycles. The van der Waals surface area contributed by atoms with Gasteiger partial charge in [0, 0.05) is 31.1 Å². The molecule has 0 bridgehead atoms. The van der Waals surface area contributed by atoms with Crippen LogP contribution in [0.1, 0.15) is 31.7 Å². The van der Waals surface area contributed by atoms with E-state index in [1.165, 1.54) is 12.7 Å². The van der Waals surface area contributed by atoms with Gasteiger partial charge in [-0.15, -0.1) is 24.0 Å². The zero-order chi connectivity index (χ0) is 16.9. The Morgan fingerprint density at radius 2 is 2.08 bits per heavy atom. The average Bonchev–Trinajstić information content (AvgIpc) is 2.54. The first kappa shape index (κ1) is 23.0. The van der Waals surface area contributed by atoms with Gasteiger partial charge < -0.3 is 15.4 Å². The SMILES string of the molecule is CCNC(=NCCCCC(=O)OC)NCCc1cccc(Cl)c1.I. The third-order valence-electron chi connectivity index (χ3n) is 3.23. The van der Waals surface area contributed by atoms with Crippen molar-refractivity contribution in [2.45, 2.75) is 32.6 Å². The van der Waals surface area contributed by atoms with E-state index in [2.05, 4.69) is 26.4 Å². The molecule has 0 saturated carbocycles. The number of halogens is 2. The van der Waals surface area contributed by atoms with Crippen molar-refractivity contribution in [3.63, 3.8) is 0 Å². The Bertz CT molecular complexity index is 512. The van der Waals surface area contributed by atoms with E-state index >= 15 is 0 Å². The van der Waals surface area contributed by atoms with E-state index in [9.17, 15) is 4.79 Å². The summed E-state index contributed by atoms with van der Waals surface area (Å²) >= 11 is 5.98. The topological polar surface area (TPSA) is 62.7 Å². The first-order valence-corrected chi connectivity index (χ1v) is 8.37. The number of benzene rings is 1. The first-order chi connectivity index (χ1) is 11.2. The van der Waals surface area contributed by atoms with Gasteiger partial charge >= 0.3 is 5.97 Å². The normalized spacial score (nSPS) is 10.7. The molecule has 0 amide bonds. The third-order valence-corrected chi connectivity index (χ3v) is 3.46. The smallest absolute Gasteiger partial charge is 0.305 e. The molecule has 0 aliphatic carbocycles. The zero-order valence-corrected chi connectivity index (χ0v) is 17.4. The summed E-state index contributed by atoms with van der Waals surface area (Å²) < 4.78 is 4.61. The number of aliphatic imine (C=N–C) groups is 1. The Morgan fingerprint density at radius 3 is 2.75 bits per heavy atom. The van der Waals surface area contributed by atoms with E-state index in [4.69, 9.17) is 11.6 Å². The summed E-state index contributed by atoms with van der Waals surface area (Å²) in [4.78, 5) is 15.5. The lowest BCUT2D eigenvalue weighted by molar-refractivity contribution is -0.140. The van der Waals surface area contributed by atoms with Gasteiger partial charge in [0.2, 0.25) is 0 Å². The number of methoxy groups -OCH3 is 1. The van der Waals surface area contributed by atoms with Crippen molar-refractivity contribution in [1.29, 1.82) is 0 Å². The van der Waals surface area contributed by atoms with Crippen molar-refractivity contribution in [3.8, 4) is 0 Å². The van der Waals surface area contributed by atoms with Crippen LogP contribution in [-0.4, -0.2) is 38.7 Å². The second kappa shape index (κ2) is 14.3. The van der Waals surface area contributed by atoms with Crippen LogP contribution in [0, 0.1) is 0 Å². The van der Waals surface area contributed by atoms with Crippen LogP contribution in [0.5, 0.6) is 0 Å². The van der Waals surface area contributed by atoms with E-state index in [0.29, 0.717) is 13.0 Å². The summed E-state index contributed by atoms with van der Waals surface area (Å²) in [5.41, 5.74) is 1.19. The summed E-state index contributed by atoms with van der Waals surface area (Å²) in [6.45, 7) is 4.31. The highest BCUT2D eigenvalue weighted by Crippen LogP contribution is 2.10. The number of ether oxygens (including phenoxy) is 1. The van der Waals surface area contributed by atoms with Gasteiger partial charge in [0.15, 0.2) is 5.96 Å². The highest BCUT2D eigenvalue weighted by Gasteiger charge is 2.00. The number of esters is 1. The highest BCUT2D eigenvalue weighted by atomic mass is 127. The molecule has 1 rings (SSSR count). The van der Waals surface area contributed by atoms with Gasteiger partial charge in [-0.3, -0.25) is 9.79 Å². The summed E-state index contributed by atoms with van der Waals surface area (Å²) in [5.74, 6) is 0.633. The lowest BCUT2D eigenvalue weighted by Gasteiger charge is -2.11. The number of hydrogen-bond acceptors (Lipinski definition) is 3. The molecule has 7 heteroatoms. The fourth-order valence-electron chi connectivity index (χ4n) is 2.03. The molecule has 0 aliphatic heterocycles. The Kier molecular flexibility index (Phi) is 13.7. The second-order valence-corrected chi connectivity index (χ2v) is 5.54. The standard InChI is InChI=1S/C17H26ClN3O2.HI/c1-3-19-17(20-11-5-4-9-16(22)23-2)21-12-10-14-7-6-8-15(18)13-14;/h6-8,13H,3-5,9-12H2,1-2H3,(H2,19,20,21);1H. The predicted octanol–water partition coefficient (Wildman–Crippen LogP) is 3.40. The molecule has 0 spiro atoms. The molecule has 0 atom stereocenters. The molecule has 1 aromatic carbocycles. The van der Waals surface area contributed by atoms with Gasteiger partial charge in [0.1, 0.15) is 0 Å². The van der Waals surface area contributed by atoms with Crippen molar-refractivity contribution in [3.05, 3.63) is 34.9 Å². The molecule has 0 aliphatic rings. The van der Waals surface area contributed by atoms with Crippen molar-refractivity contribution >= 4 is 47.5 Å². The summed E-state index contributed by atoms with van der Waals surface area (Å²) in [6.07, 6.45) is 2.98. The van der Waals surface area contributed by atoms with Gasteiger partial charge in [0.25, 0.3) is 0 Å². The minimum absolute atomic E-state index is 0. The molecule has 0 heterocycles. The predicted molar refractivity (Wildman–Crippen MR) is 110 cm³/mol. The molecule has 0 fully saturated rings. The van der Waals surface area contributed by atoms with Gasteiger partial charge in [0.05, 0.1) is 7.11 Å². The van der Waals surface area contributed by atoms with E-state index in [1.54, 1.807) is 0 Å². The Morgan fingerprint density at radius 1 is 1.29 bits per heavy atom. The molecule has 0 unspecified atom stereocenters. The maximum absolute atomic E-state index is 11.0. The minimum atomic E-state index is -0.166. The average molecular weight is 468 g/mol. The Hall–Kier alpha value is -1.02. The zero-order valence-electron chi connectivity index (χ0n) is 14.3. The van der Waals surface area contributed by atoms with Crippen LogP contribution in [-0.2, 0) is 16.0 Å². The highest BCUT2D eigenvalue weighted by molar-refractivity contribution is 14.0. The first-order valence-electron chi connectivity index (χ1n) is 7.99. The van der Waals surface area contributed by atoms with Crippen LogP contribution in [0.3, 0.4) is 0 Å². The largest absolute Gasteiger partial charge is 0.469 e. The number of carbonyl (C=O) groups is 1. The Balaban J connectivity index is 0.00000529. The molecule has 24 heavy (non-hydrogen) atoms. The lowest BCUT2D eigenvalue weighted by Crippen LogP contribution is -2.38. The van der Waals surface area contributed by atoms with Gasteiger partial charge in [-0.05, 0) is 43.9 Å². The molecule has 2 N–H and O–H groups in total. The van der Waals surface area contributed by atoms with Gasteiger partial charge in [-0.25, -0.2) is 0 Å². The van der Waals surface area contributed by atoms with E-state index in [1.807, 2.05) is 25.1 Å². The van der Waals surface area contributed by atoms with E-state index in [0.717, 1.165) is 43.3 Å². The summed E-state index contributed by atoms with van der Waals surface area (Å²) in [5, 5.41) is 7.27. The van der Waals surface area contributed by atoms with Crippen molar-refractivity contribution < 1.29 is 9.53 Å². The van der Waals surface area contributed by atoms with Crippen LogP contribution in [0.15, 0.2) is 29.3 Å². The maximum Gasteiger partial charge on any atom is 0.305 e. The number of unbranched alkanes of at least 4 members (excludes halogenated alkanes) is 1. The second-order valence-electron chi connectivity index (χ2n) is 5.10.